The summed E-state index contributed by atoms with van der Waals surface area (Å²) in [6.07, 6.45) is 2.31. The summed E-state index contributed by atoms with van der Waals surface area (Å²) in [4.78, 5) is 0. The Morgan fingerprint density at radius 1 is 1.16 bits per heavy atom. The highest BCUT2D eigenvalue weighted by atomic mass is 14.9. The van der Waals surface area contributed by atoms with Crippen LogP contribution in [0.2, 0.25) is 0 Å². The summed E-state index contributed by atoms with van der Waals surface area (Å²) in [5, 5.41) is 6.67. The van der Waals surface area contributed by atoms with Gasteiger partial charge in [0.25, 0.3) is 0 Å². The molecule has 1 saturated heterocycles. The van der Waals surface area contributed by atoms with E-state index in [0.29, 0.717) is 6.04 Å². The number of piperidine rings is 1. The van der Waals surface area contributed by atoms with E-state index in [0.717, 1.165) is 32.5 Å². The van der Waals surface area contributed by atoms with E-state index in [2.05, 4.69) is 55.7 Å². The SMILES string of the molecule is CC(C)(C)NCc1ccccc1.NC1CCNCC1. The third-order valence-corrected chi connectivity index (χ3v) is 3.05. The molecule has 1 fully saturated rings. The van der Waals surface area contributed by atoms with Gasteiger partial charge in [0, 0.05) is 18.1 Å². The van der Waals surface area contributed by atoms with E-state index < -0.39 is 0 Å². The van der Waals surface area contributed by atoms with Crippen LogP contribution in [0.5, 0.6) is 0 Å². The minimum atomic E-state index is 0.204. The molecule has 3 nitrogen and oxygen atoms in total. The first-order valence-corrected chi connectivity index (χ1v) is 7.22. The van der Waals surface area contributed by atoms with Crippen molar-refractivity contribution >= 4 is 0 Å². The minimum Gasteiger partial charge on any atom is -0.328 e. The monoisotopic (exact) mass is 263 g/mol. The normalized spacial score (nSPS) is 16.6. The van der Waals surface area contributed by atoms with Crippen LogP contribution in [0.1, 0.15) is 39.2 Å². The van der Waals surface area contributed by atoms with Crippen LogP contribution in [-0.2, 0) is 6.54 Å². The summed E-state index contributed by atoms with van der Waals surface area (Å²) in [5.41, 5.74) is 7.14. The van der Waals surface area contributed by atoms with Crippen molar-refractivity contribution < 1.29 is 0 Å². The minimum absolute atomic E-state index is 0.204. The summed E-state index contributed by atoms with van der Waals surface area (Å²) in [6, 6.07) is 10.9. The van der Waals surface area contributed by atoms with Crippen molar-refractivity contribution in [1.82, 2.24) is 10.6 Å². The number of nitrogens with two attached hydrogens (primary N) is 1. The molecule has 0 amide bonds. The fraction of sp³-hybridized carbons (Fsp3) is 0.625. The van der Waals surface area contributed by atoms with E-state index >= 15 is 0 Å². The Bertz CT molecular complexity index is 324. The zero-order valence-electron chi connectivity index (χ0n) is 12.6. The van der Waals surface area contributed by atoms with Gasteiger partial charge < -0.3 is 16.4 Å². The lowest BCUT2D eigenvalue weighted by Crippen LogP contribution is -2.35. The Morgan fingerprint density at radius 2 is 1.74 bits per heavy atom. The summed E-state index contributed by atoms with van der Waals surface area (Å²) in [5.74, 6) is 0. The highest BCUT2D eigenvalue weighted by molar-refractivity contribution is 5.14. The molecule has 0 unspecified atom stereocenters. The van der Waals surface area contributed by atoms with Crippen LogP contribution >= 0.6 is 0 Å². The van der Waals surface area contributed by atoms with Crippen LogP contribution in [-0.4, -0.2) is 24.7 Å². The van der Waals surface area contributed by atoms with Gasteiger partial charge in [-0.15, -0.1) is 0 Å². The maximum atomic E-state index is 5.59. The largest absolute Gasteiger partial charge is 0.328 e. The first kappa shape index (κ1) is 16.2. The standard InChI is InChI=1S/C11H17N.C5H12N2/c1-11(2,3)12-9-10-7-5-4-6-8-10;6-5-1-3-7-4-2-5/h4-8,12H,9H2,1-3H3;5,7H,1-4,6H2. The molecular formula is C16H29N3. The van der Waals surface area contributed by atoms with Gasteiger partial charge in [-0.2, -0.15) is 0 Å². The van der Waals surface area contributed by atoms with Gasteiger partial charge in [0.1, 0.15) is 0 Å². The number of rotatable bonds is 2. The first-order valence-electron chi connectivity index (χ1n) is 7.22. The number of nitrogens with one attached hydrogen (secondary N) is 2. The maximum absolute atomic E-state index is 5.59. The summed E-state index contributed by atoms with van der Waals surface area (Å²) >= 11 is 0. The summed E-state index contributed by atoms with van der Waals surface area (Å²) in [6.45, 7) is 9.70. The molecular weight excluding hydrogens is 234 g/mol. The van der Waals surface area contributed by atoms with Crippen molar-refractivity contribution in [2.24, 2.45) is 5.73 Å². The van der Waals surface area contributed by atoms with Crippen LogP contribution in [0.3, 0.4) is 0 Å². The van der Waals surface area contributed by atoms with E-state index in [4.69, 9.17) is 5.73 Å². The Balaban J connectivity index is 0.000000218. The third-order valence-electron chi connectivity index (χ3n) is 3.05. The zero-order chi connectivity index (χ0) is 14.1. The van der Waals surface area contributed by atoms with Gasteiger partial charge in [-0.25, -0.2) is 0 Å². The van der Waals surface area contributed by atoms with Crippen molar-refractivity contribution in [3.63, 3.8) is 0 Å². The van der Waals surface area contributed by atoms with Gasteiger partial charge in [-0.3, -0.25) is 0 Å². The summed E-state index contributed by atoms with van der Waals surface area (Å²) < 4.78 is 0. The molecule has 1 aromatic carbocycles. The van der Waals surface area contributed by atoms with Crippen molar-refractivity contribution in [2.45, 2.75) is 51.7 Å². The Labute approximate surface area is 118 Å². The van der Waals surface area contributed by atoms with Gasteiger partial charge in [0.05, 0.1) is 0 Å². The second-order valence-electron chi connectivity index (χ2n) is 6.18. The lowest BCUT2D eigenvalue weighted by Gasteiger charge is -2.20. The van der Waals surface area contributed by atoms with Crippen LogP contribution in [0.15, 0.2) is 30.3 Å². The van der Waals surface area contributed by atoms with E-state index in [1.165, 1.54) is 5.56 Å². The lowest BCUT2D eigenvalue weighted by molar-refractivity contribution is 0.424. The first-order chi connectivity index (χ1) is 8.97. The van der Waals surface area contributed by atoms with Crippen molar-refractivity contribution in [2.75, 3.05) is 13.1 Å². The van der Waals surface area contributed by atoms with E-state index in [1.54, 1.807) is 0 Å². The van der Waals surface area contributed by atoms with Crippen molar-refractivity contribution in [3.8, 4) is 0 Å². The number of benzene rings is 1. The smallest absolute Gasteiger partial charge is 0.0210 e. The van der Waals surface area contributed by atoms with Crippen LogP contribution < -0.4 is 16.4 Å². The Hall–Kier alpha value is -0.900. The Morgan fingerprint density at radius 3 is 2.16 bits per heavy atom. The van der Waals surface area contributed by atoms with Crippen molar-refractivity contribution in [3.05, 3.63) is 35.9 Å². The lowest BCUT2D eigenvalue weighted by atomic mass is 10.1. The molecule has 1 aliphatic rings. The molecule has 19 heavy (non-hydrogen) atoms. The van der Waals surface area contributed by atoms with Crippen LogP contribution in [0, 0.1) is 0 Å². The molecule has 0 atom stereocenters. The highest BCUT2D eigenvalue weighted by Crippen LogP contribution is 2.03. The molecule has 0 radical (unpaired) electrons. The van der Waals surface area contributed by atoms with Gasteiger partial charge >= 0.3 is 0 Å². The maximum Gasteiger partial charge on any atom is 0.0210 e. The second-order valence-corrected chi connectivity index (χ2v) is 6.18. The van der Waals surface area contributed by atoms with Gasteiger partial charge in [0.15, 0.2) is 0 Å². The van der Waals surface area contributed by atoms with Gasteiger partial charge in [-0.05, 0) is 52.3 Å². The van der Waals surface area contributed by atoms with Gasteiger partial charge in [-0.1, -0.05) is 30.3 Å². The number of hydrogen-bond donors (Lipinski definition) is 3. The molecule has 0 aromatic heterocycles. The quantitative estimate of drug-likeness (QED) is 0.767. The van der Waals surface area contributed by atoms with Crippen molar-refractivity contribution in [1.29, 1.82) is 0 Å². The second kappa shape index (κ2) is 8.31. The fourth-order valence-corrected chi connectivity index (χ4v) is 1.81. The molecule has 3 heteroatoms. The topological polar surface area (TPSA) is 50.1 Å². The van der Waals surface area contributed by atoms with Crippen LogP contribution in [0.25, 0.3) is 0 Å². The molecule has 1 heterocycles. The fourth-order valence-electron chi connectivity index (χ4n) is 1.81. The zero-order valence-corrected chi connectivity index (χ0v) is 12.6. The molecule has 4 N–H and O–H groups in total. The molecule has 0 aliphatic carbocycles. The number of hydrogen-bond acceptors (Lipinski definition) is 3. The average Bonchev–Trinajstić information content (AvgIpc) is 2.39. The predicted molar refractivity (Wildman–Crippen MR) is 83.1 cm³/mol. The average molecular weight is 263 g/mol. The van der Waals surface area contributed by atoms with Crippen LogP contribution in [0.4, 0.5) is 0 Å². The third kappa shape index (κ3) is 8.76. The highest BCUT2D eigenvalue weighted by Gasteiger charge is 2.07. The predicted octanol–water partition coefficient (Wildman–Crippen LogP) is 2.27. The van der Waals surface area contributed by atoms with Gasteiger partial charge in [0.2, 0.25) is 0 Å². The molecule has 0 bridgehead atoms. The Kier molecular flexibility index (Phi) is 7.06. The molecule has 0 spiro atoms. The van der Waals surface area contributed by atoms with E-state index in [-0.39, 0.29) is 5.54 Å². The molecule has 108 valence electrons. The summed E-state index contributed by atoms with van der Waals surface area (Å²) in [7, 11) is 0. The van der Waals surface area contributed by atoms with E-state index in [9.17, 15) is 0 Å². The van der Waals surface area contributed by atoms with E-state index in [1.807, 2.05) is 6.07 Å². The molecule has 1 aromatic rings. The molecule has 2 rings (SSSR count). The molecule has 0 saturated carbocycles. The molecule has 1 aliphatic heterocycles.